The van der Waals surface area contributed by atoms with E-state index in [0.29, 0.717) is 0 Å². The zero-order valence-electron chi connectivity index (χ0n) is 17.9. The van der Waals surface area contributed by atoms with Crippen molar-refractivity contribution in [1.82, 2.24) is 29.7 Å². The number of nitrogens with zero attached hydrogens (tertiary/aromatic N) is 5. The van der Waals surface area contributed by atoms with Crippen LogP contribution in [0.15, 0.2) is 55.3 Å². The normalized spacial score (nSPS) is 11.6. The zero-order valence-corrected chi connectivity index (χ0v) is 18.7. The molecule has 0 bridgehead atoms. The van der Waals surface area contributed by atoms with Crippen LogP contribution in [0.2, 0.25) is 5.02 Å². The van der Waals surface area contributed by atoms with Gasteiger partial charge in [-0.05, 0) is 24.3 Å². The summed E-state index contributed by atoms with van der Waals surface area (Å²) in [5.41, 5.74) is 6.02. The average Bonchev–Trinajstić information content (AvgIpc) is 3.45. The maximum Gasteiger partial charge on any atom is 0.387 e. The van der Waals surface area contributed by atoms with Gasteiger partial charge >= 0.3 is 6.61 Å². The van der Waals surface area contributed by atoms with E-state index in [0.717, 1.165) is 10.9 Å². The van der Waals surface area contributed by atoms with Crippen molar-refractivity contribution in [2.45, 2.75) is 6.61 Å². The van der Waals surface area contributed by atoms with Crippen LogP contribution in [0.25, 0.3) is 22.6 Å². The number of hydrogen-bond acceptors (Lipinski definition) is 7. The predicted molar refractivity (Wildman–Crippen MR) is 123 cm³/mol. The molecule has 0 radical (unpaired) electrons. The summed E-state index contributed by atoms with van der Waals surface area (Å²) >= 11 is 6.10. The van der Waals surface area contributed by atoms with Gasteiger partial charge < -0.3 is 21.1 Å². The number of hydrogen-bond donors (Lipinski definition) is 3. The first-order valence-corrected chi connectivity index (χ1v) is 10.3. The third kappa shape index (κ3) is 4.75. The molecular weight excluding hydrogens is 486 g/mol. The Morgan fingerprint density at radius 3 is 2.83 bits per heavy atom. The second-order valence-electron chi connectivity index (χ2n) is 6.89. The van der Waals surface area contributed by atoms with Crippen molar-refractivity contribution in [3.05, 3.63) is 65.8 Å². The van der Waals surface area contributed by atoms with Crippen LogP contribution in [0.4, 0.5) is 14.5 Å². The van der Waals surface area contributed by atoms with Gasteiger partial charge in [-0.1, -0.05) is 11.6 Å². The van der Waals surface area contributed by atoms with Crippen LogP contribution in [0.5, 0.6) is 5.75 Å². The van der Waals surface area contributed by atoms with Gasteiger partial charge in [0.1, 0.15) is 22.7 Å². The molecule has 0 unspecified atom stereocenters. The molecule has 180 valence electrons. The minimum Gasteiger partial charge on any atom is -0.434 e. The Morgan fingerprint density at radius 1 is 1.31 bits per heavy atom. The first-order chi connectivity index (χ1) is 16.8. The van der Waals surface area contributed by atoms with Crippen molar-refractivity contribution >= 4 is 40.4 Å². The number of nitrogens with one attached hydrogen (secondary N) is 2. The predicted octanol–water partition coefficient (Wildman–Crippen LogP) is 2.60. The van der Waals surface area contributed by atoms with Gasteiger partial charge in [0.05, 0.1) is 18.1 Å². The van der Waals surface area contributed by atoms with Gasteiger partial charge in [-0.25, -0.2) is 14.2 Å². The van der Waals surface area contributed by atoms with Gasteiger partial charge in [0.2, 0.25) is 0 Å². The highest BCUT2D eigenvalue weighted by atomic mass is 35.5. The summed E-state index contributed by atoms with van der Waals surface area (Å²) in [5.74, 6) is -1.45. The van der Waals surface area contributed by atoms with Crippen molar-refractivity contribution in [3.8, 4) is 17.0 Å². The smallest absolute Gasteiger partial charge is 0.387 e. The maximum atomic E-state index is 13.1. The molecule has 0 saturated heterocycles. The molecule has 4 rings (SSSR count). The number of likely N-dealkylation sites (N-methyl/N-ethyl adjacent to an activating group) is 1. The number of aromatic nitrogens is 5. The topological polar surface area (TPSA) is 141 Å². The maximum absolute atomic E-state index is 13.1. The molecule has 0 atom stereocenters. The molecule has 0 aliphatic carbocycles. The molecule has 0 spiro atoms. The minimum atomic E-state index is -3.13. The van der Waals surface area contributed by atoms with E-state index >= 15 is 0 Å². The van der Waals surface area contributed by atoms with Crippen LogP contribution in [-0.4, -0.2) is 49.9 Å². The fourth-order valence-electron chi connectivity index (χ4n) is 3.23. The molecule has 4 aromatic rings. The van der Waals surface area contributed by atoms with Gasteiger partial charge in [-0.3, -0.25) is 9.59 Å². The van der Waals surface area contributed by atoms with E-state index in [9.17, 15) is 18.4 Å². The van der Waals surface area contributed by atoms with Crippen LogP contribution < -0.4 is 21.1 Å². The monoisotopic (exact) mass is 502 g/mol. The Labute approximate surface area is 201 Å². The lowest BCUT2D eigenvalue weighted by atomic mass is 10.1. The number of carbonyl (C=O) groups is 2. The second kappa shape index (κ2) is 9.77. The summed E-state index contributed by atoms with van der Waals surface area (Å²) < 4.78 is 33.2. The molecule has 1 aromatic carbocycles. The standard InChI is InChI=1S/C21H17ClF2N8O3/c1-26-20(34)15(8-25)32-10-14(29-19(33)13-9-28-31-6-2-5-27-18(13)31)17(30-32)12-7-11(22)3-4-16(12)35-21(23)24/h2-10,21H,25H2,1H3,(H,26,34)(H,29,33)/b15-8+. The summed E-state index contributed by atoms with van der Waals surface area (Å²) in [5, 5.41) is 13.6. The van der Waals surface area contributed by atoms with Gasteiger partial charge in [0.15, 0.2) is 5.65 Å². The molecule has 14 heteroatoms. The van der Waals surface area contributed by atoms with Gasteiger partial charge in [0, 0.05) is 36.2 Å². The van der Waals surface area contributed by atoms with E-state index in [-0.39, 0.29) is 44.6 Å². The molecule has 0 aliphatic rings. The van der Waals surface area contributed by atoms with Crippen molar-refractivity contribution in [2.75, 3.05) is 12.4 Å². The Hall–Kier alpha value is -4.52. The van der Waals surface area contributed by atoms with E-state index in [1.165, 1.54) is 48.4 Å². The molecule has 4 N–H and O–H groups in total. The lowest BCUT2D eigenvalue weighted by molar-refractivity contribution is -0.115. The van der Waals surface area contributed by atoms with Crippen LogP contribution >= 0.6 is 11.6 Å². The number of halogens is 3. The highest BCUT2D eigenvalue weighted by Crippen LogP contribution is 2.37. The number of ether oxygens (including phenoxy) is 1. The SMILES string of the molecule is CNC(=O)/C(=C\N)n1cc(NC(=O)c2cnn3cccnc23)c(-c2cc(Cl)ccc2OC(F)F)n1. The largest absolute Gasteiger partial charge is 0.434 e. The highest BCUT2D eigenvalue weighted by molar-refractivity contribution is 6.31. The number of benzene rings is 1. The van der Waals surface area contributed by atoms with Gasteiger partial charge in [-0.15, -0.1) is 0 Å². The molecule has 35 heavy (non-hydrogen) atoms. The Kier molecular flexibility index (Phi) is 6.59. The summed E-state index contributed by atoms with van der Waals surface area (Å²) in [7, 11) is 1.39. The minimum absolute atomic E-state index is 0.0100. The lowest BCUT2D eigenvalue weighted by Crippen LogP contribution is -2.23. The molecule has 0 fully saturated rings. The number of fused-ring (bicyclic) bond motifs is 1. The van der Waals surface area contributed by atoms with E-state index in [1.54, 1.807) is 12.3 Å². The highest BCUT2D eigenvalue weighted by Gasteiger charge is 2.24. The fourth-order valence-corrected chi connectivity index (χ4v) is 3.41. The van der Waals surface area contributed by atoms with Gasteiger partial charge in [0.25, 0.3) is 11.8 Å². The number of anilines is 1. The van der Waals surface area contributed by atoms with E-state index < -0.39 is 18.4 Å². The first-order valence-electron chi connectivity index (χ1n) is 9.90. The van der Waals surface area contributed by atoms with Crippen LogP contribution in [0, 0.1) is 0 Å². The molecule has 3 heterocycles. The quantitative estimate of drug-likeness (QED) is 0.330. The molecule has 0 aliphatic heterocycles. The molecule has 0 saturated carbocycles. The number of rotatable bonds is 7. The van der Waals surface area contributed by atoms with E-state index in [2.05, 4.69) is 30.6 Å². The van der Waals surface area contributed by atoms with Crippen molar-refractivity contribution < 1.29 is 23.1 Å². The number of amides is 2. The Morgan fingerprint density at radius 2 is 2.11 bits per heavy atom. The first kappa shape index (κ1) is 23.6. The summed E-state index contributed by atoms with van der Waals surface area (Å²) in [6.07, 6.45) is 6.74. The van der Waals surface area contributed by atoms with Crippen molar-refractivity contribution in [2.24, 2.45) is 5.73 Å². The second-order valence-corrected chi connectivity index (χ2v) is 7.32. The number of nitrogens with two attached hydrogens (primary N) is 1. The third-order valence-electron chi connectivity index (χ3n) is 4.76. The van der Waals surface area contributed by atoms with Gasteiger partial charge in [-0.2, -0.15) is 19.0 Å². The lowest BCUT2D eigenvalue weighted by Gasteiger charge is -2.11. The Balaban J connectivity index is 1.84. The Bertz CT molecular complexity index is 1450. The zero-order chi connectivity index (χ0) is 25.1. The summed E-state index contributed by atoms with van der Waals surface area (Å²) in [6, 6.07) is 5.58. The molecule has 3 aromatic heterocycles. The summed E-state index contributed by atoms with van der Waals surface area (Å²) in [6.45, 7) is -3.13. The van der Waals surface area contributed by atoms with E-state index in [1.807, 2.05) is 0 Å². The third-order valence-corrected chi connectivity index (χ3v) is 5.00. The number of alkyl halides is 2. The van der Waals surface area contributed by atoms with Crippen LogP contribution in [0.1, 0.15) is 10.4 Å². The van der Waals surface area contributed by atoms with E-state index in [4.69, 9.17) is 17.3 Å². The van der Waals surface area contributed by atoms with Crippen molar-refractivity contribution in [1.29, 1.82) is 0 Å². The van der Waals surface area contributed by atoms with Crippen LogP contribution in [0.3, 0.4) is 0 Å². The molecular formula is C21H17ClF2N8O3. The molecule has 11 nitrogen and oxygen atoms in total. The van der Waals surface area contributed by atoms with Crippen LogP contribution in [-0.2, 0) is 4.79 Å². The fraction of sp³-hybridized carbons (Fsp3) is 0.0952. The molecule has 2 amide bonds. The van der Waals surface area contributed by atoms with Crippen molar-refractivity contribution in [3.63, 3.8) is 0 Å². The average molecular weight is 503 g/mol. The number of carbonyl (C=O) groups excluding carboxylic acids is 2. The summed E-state index contributed by atoms with van der Waals surface area (Å²) in [4.78, 5) is 29.5.